The average molecular weight is 977 g/mol. The van der Waals surface area contributed by atoms with Gasteiger partial charge in [-0.3, -0.25) is 10.1 Å². The standard InChI is InChI=1S/C25H13F30NO5/c1-11(2,3)10(57)6-4-8(60-24(52,53)20(42,43)16(34,35)12(26,27)14(30,31)18(38,39)22(46,47)48)9(5-7(6)56(58)59)61-25(54,55)21(44,45)17(36,37)13(28,29)15(32,33)19(40,41)23(49,50)51/h4-5,10,57H,1-3H3. The molecule has 0 aromatic heterocycles. The van der Waals surface area contributed by atoms with E-state index in [2.05, 4.69) is 9.47 Å². The number of hydrogen-bond acceptors (Lipinski definition) is 5. The third kappa shape index (κ3) is 7.90. The smallest absolute Gasteiger partial charge is 0.424 e. The topological polar surface area (TPSA) is 81.8 Å². The third-order valence-electron chi connectivity index (χ3n) is 7.48. The van der Waals surface area contributed by atoms with E-state index >= 15 is 0 Å². The zero-order chi connectivity index (χ0) is 49.8. The number of benzene rings is 1. The molecule has 0 spiro atoms. The minimum absolute atomic E-state index is 0.670. The van der Waals surface area contributed by atoms with Crippen molar-refractivity contribution in [3.05, 3.63) is 27.8 Å². The Morgan fingerprint density at radius 1 is 0.443 bits per heavy atom. The van der Waals surface area contributed by atoms with Crippen LogP contribution in [-0.2, 0) is 0 Å². The molecule has 0 aliphatic carbocycles. The van der Waals surface area contributed by atoms with Crippen LogP contribution in [0.5, 0.6) is 11.5 Å². The summed E-state index contributed by atoms with van der Waals surface area (Å²) in [6.07, 6.45) is -35.8. The van der Waals surface area contributed by atoms with Gasteiger partial charge in [0.1, 0.15) is 0 Å². The second-order valence-corrected chi connectivity index (χ2v) is 12.9. The van der Waals surface area contributed by atoms with E-state index in [0.29, 0.717) is 20.8 Å². The van der Waals surface area contributed by atoms with Gasteiger partial charge in [0, 0.05) is 0 Å². The lowest BCUT2D eigenvalue weighted by Gasteiger charge is -2.41. The summed E-state index contributed by atoms with van der Waals surface area (Å²) in [5.74, 6) is -96.8. The van der Waals surface area contributed by atoms with Gasteiger partial charge in [0.15, 0.2) is 11.5 Å². The highest BCUT2D eigenvalue weighted by atomic mass is 19.4. The molecule has 0 aliphatic heterocycles. The lowest BCUT2D eigenvalue weighted by Crippen LogP contribution is -2.73. The van der Waals surface area contributed by atoms with Gasteiger partial charge in [-0.05, 0) is 11.5 Å². The Kier molecular flexibility index (Phi) is 13.2. The molecule has 0 amide bonds. The zero-order valence-corrected chi connectivity index (χ0v) is 28.1. The summed E-state index contributed by atoms with van der Waals surface area (Å²) < 4.78 is 414. The van der Waals surface area contributed by atoms with Crippen molar-refractivity contribution in [2.75, 3.05) is 0 Å². The van der Waals surface area contributed by atoms with Crippen LogP contribution in [0.3, 0.4) is 0 Å². The van der Waals surface area contributed by atoms with Gasteiger partial charge in [-0.1, -0.05) is 20.8 Å². The molecule has 1 rings (SSSR count). The molecule has 1 aromatic rings. The molecule has 0 saturated carbocycles. The van der Waals surface area contributed by atoms with Gasteiger partial charge in [0.2, 0.25) is 0 Å². The number of rotatable bonds is 16. The molecule has 0 radical (unpaired) electrons. The molecule has 358 valence electrons. The van der Waals surface area contributed by atoms with Crippen LogP contribution in [-0.4, -0.2) is 93.8 Å². The molecule has 0 saturated heterocycles. The zero-order valence-electron chi connectivity index (χ0n) is 28.1. The van der Waals surface area contributed by atoms with Gasteiger partial charge in [-0.2, -0.15) is 132 Å². The second kappa shape index (κ2) is 14.6. The number of halogens is 30. The molecule has 1 atom stereocenters. The van der Waals surface area contributed by atoms with E-state index in [0.717, 1.165) is 0 Å². The first-order valence-corrected chi connectivity index (χ1v) is 14.1. The number of nitro groups is 1. The molecular formula is C25H13F30NO5. The summed E-state index contributed by atoms with van der Waals surface area (Å²) in [5.41, 5.74) is -6.61. The highest BCUT2D eigenvalue weighted by molar-refractivity contribution is 5.56. The van der Waals surface area contributed by atoms with Gasteiger partial charge < -0.3 is 14.6 Å². The lowest BCUT2D eigenvalue weighted by atomic mass is 9.84. The van der Waals surface area contributed by atoms with Crippen LogP contribution in [0.2, 0.25) is 0 Å². The Hall–Kier alpha value is -3.92. The number of alkyl halides is 30. The first kappa shape index (κ1) is 55.1. The van der Waals surface area contributed by atoms with Crippen LogP contribution in [0.15, 0.2) is 12.1 Å². The predicted octanol–water partition coefficient (Wildman–Crippen LogP) is 12.1. The fourth-order valence-corrected chi connectivity index (χ4v) is 3.88. The van der Waals surface area contributed by atoms with Crippen molar-refractivity contribution < 1.29 is 151 Å². The van der Waals surface area contributed by atoms with Crippen molar-refractivity contribution in [1.82, 2.24) is 0 Å². The Balaban J connectivity index is 4.34. The van der Waals surface area contributed by atoms with Crippen molar-refractivity contribution in [2.45, 2.75) is 111 Å². The van der Waals surface area contributed by atoms with E-state index < -0.39 is 135 Å². The van der Waals surface area contributed by atoms with E-state index in [1.54, 1.807) is 0 Å². The molecule has 0 aliphatic rings. The van der Waals surface area contributed by atoms with E-state index in [9.17, 15) is 147 Å². The maximum atomic E-state index is 14.7. The Morgan fingerprint density at radius 2 is 0.672 bits per heavy atom. The summed E-state index contributed by atoms with van der Waals surface area (Å²) in [4.78, 5) is 9.33. The minimum Gasteiger partial charge on any atom is -0.424 e. The van der Waals surface area contributed by atoms with Gasteiger partial charge >= 0.3 is 83.8 Å². The number of aliphatic hydroxyl groups is 1. The summed E-state index contributed by atoms with van der Waals surface area (Å²) in [7, 11) is 0. The van der Waals surface area contributed by atoms with Gasteiger partial charge in [-0.25, -0.2) is 0 Å². The van der Waals surface area contributed by atoms with E-state index in [1.807, 2.05) is 0 Å². The maximum Gasteiger partial charge on any atom is 0.471 e. The Morgan fingerprint density at radius 3 is 0.902 bits per heavy atom. The Bertz CT molecular complexity index is 1790. The number of nitro benzene ring substituents is 1. The molecule has 0 bridgehead atoms. The van der Waals surface area contributed by atoms with Crippen molar-refractivity contribution in [2.24, 2.45) is 5.41 Å². The third-order valence-corrected chi connectivity index (χ3v) is 7.48. The first-order valence-electron chi connectivity index (χ1n) is 14.1. The quantitative estimate of drug-likeness (QED) is 0.101. The van der Waals surface area contributed by atoms with Gasteiger partial charge in [0.25, 0.3) is 5.69 Å². The van der Waals surface area contributed by atoms with Crippen LogP contribution in [0.25, 0.3) is 0 Å². The van der Waals surface area contributed by atoms with Crippen molar-refractivity contribution >= 4 is 5.69 Å². The number of hydrogen-bond donors (Lipinski definition) is 1. The highest BCUT2D eigenvalue weighted by Crippen LogP contribution is 2.65. The maximum absolute atomic E-state index is 14.7. The molecule has 1 aromatic carbocycles. The van der Waals surface area contributed by atoms with Gasteiger partial charge in [0.05, 0.1) is 22.7 Å². The molecule has 0 heterocycles. The molecule has 36 heteroatoms. The number of aliphatic hydroxyl groups excluding tert-OH is 1. The summed E-state index contributed by atoms with van der Waals surface area (Å²) in [6.45, 7) is 2.01. The predicted molar refractivity (Wildman–Crippen MR) is 130 cm³/mol. The number of nitrogens with zero attached hydrogens (tertiary/aromatic N) is 1. The van der Waals surface area contributed by atoms with E-state index in [4.69, 9.17) is 0 Å². The van der Waals surface area contributed by atoms with Crippen LogP contribution in [0.4, 0.5) is 137 Å². The first-order chi connectivity index (χ1) is 26.0. The van der Waals surface area contributed by atoms with Crippen LogP contribution < -0.4 is 9.47 Å². The number of ether oxygens (including phenoxy) is 2. The minimum atomic E-state index is -9.15. The SMILES string of the molecule is CC(C)(C)C(O)c1cc(OC(F)(F)C(F)(F)C(F)(F)C(F)(F)C(F)(F)C(F)(F)C(F)(F)F)c(OC(F)(F)C(F)(F)C(F)(F)C(F)(F)C(F)(F)C(F)(F)C(F)(F)F)cc1[N+](=O)[O-]. The van der Waals surface area contributed by atoms with Crippen LogP contribution in [0.1, 0.15) is 32.4 Å². The summed E-state index contributed by atoms with van der Waals surface area (Å²) in [6, 6.07) is -2.64. The van der Waals surface area contributed by atoms with E-state index in [-0.39, 0.29) is 0 Å². The van der Waals surface area contributed by atoms with Crippen LogP contribution >= 0.6 is 0 Å². The second-order valence-electron chi connectivity index (χ2n) is 12.9. The van der Waals surface area contributed by atoms with Gasteiger partial charge in [-0.15, -0.1) is 0 Å². The molecule has 1 unspecified atom stereocenters. The average Bonchev–Trinajstić information content (AvgIpc) is 3.02. The van der Waals surface area contributed by atoms with Crippen molar-refractivity contribution in [3.63, 3.8) is 0 Å². The monoisotopic (exact) mass is 977 g/mol. The molecule has 1 N–H and O–H groups in total. The fourth-order valence-electron chi connectivity index (χ4n) is 3.88. The highest BCUT2D eigenvalue weighted by Gasteiger charge is 2.96. The molecule has 6 nitrogen and oxygen atoms in total. The molecule has 61 heavy (non-hydrogen) atoms. The van der Waals surface area contributed by atoms with Crippen molar-refractivity contribution in [3.8, 4) is 11.5 Å². The van der Waals surface area contributed by atoms with Crippen LogP contribution in [0, 0.1) is 15.5 Å². The van der Waals surface area contributed by atoms with Crippen molar-refractivity contribution in [1.29, 1.82) is 0 Å². The summed E-state index contributed by atoms with van der Waals surface area (Å²) in [5, 5.41) is 21.8. The van der Waals surface area contributed by atoms with E-state index in [1.165, 1.54) is 0 Å². The summed E-state index contributed by atoms with van der Waals surface area (Å²) >= 11 is 0. The normalized spacial score (nSPS) is 16.4. The largest absolute Gasteiger partial charge is 0.471 e. The molecule has 0 fully saturated rings. The molecular weight excluding hydrogens is 964 g/mol. The fraction of sp³-hybridized carbons (Fsp3) is 0.760. The lowest BCUT2D eigenvalue weighted by molar-refractivity contribution is -0.466. The Labute approximate surface area is 313 Å².